The number of nitrogens with zero attached hydrogens (tertiary/aromatic N) is 1. The lowest BCUT2D eigenvalue weighted by Gasteiger charge is -2.00. The first kappa shape index (κ1) is 10.7. The minimum Gasteiger partial charge on any atom is -0.453 e. The topological polar surface area (TPSA) is 67.8 Å². The largest absolute Gasteiger partial charge is 0.453 e. The van der Waals surface area contributed by atoms with Crippen LogP contribution in [0, 0.1) is 0 Å². The van der Waals surface area contributed by atoms with Gasteiger partial charge in [0.25, 0.3) is 0 Å². The van der Waals surface area contributed by atoms with Gasteiger partial charge in [0.2, 0.25) is 6.08 Å². The minimum absolute atomic E-state index is 0.436. The summed E-state index contributed by atoms with van der Waals surface area (Å²) < 4.78 is 4.34. The summed E-state index contributed by atoms with van der Waals surface area (Å²) in [6.07, 6.45) is 2.55. The maximum atomic E-state index is 10.5. The molecular formula is C7H12N2O3. The van der Waals surface area contributed by atoms with Crippen molar-refractivity contribution >= 4 is 12.2 Å². The summed E-state index contributed by atoms with van der Waals surface area (Å²) in [7, 11) is 1.31. The monoisotopic (exact) mass is 172 g/mol. The Morgan fingerprint density at radius 2 is 2.33 bits per heavy atom. The zero-order chi connectivity index (χ0) is 9.23. The summed E-state index contributed by atoms with van der Waals surface area (Å²) in [6.45, 7) is 1.01. The van der Waals surface area contributed by atoms with E-state index in [2.05, 4.69) is 15.0 Å². The first-order chi connectivity index (χ1) is 5.81. The van der Waals surface area contributed by atoms with Crippen LogP contribution in [0.4, 0.5) is 4.79 Å². The second-order valence-corrected chi connectivity index (χ2v) is 2.10. The van der Waals surface area contributed by atoms with E-state index in [1.54, 1.807) is 0 Å². The van der Waals surface area contributed by atoms with Gasteiger partial charge in [-0.15, -0.1) is 0 Å². The number of hydrogen-bond donors (Lipinski definition) is 1. The molecule has 0 radical (unpaired) electrons. The Balaban J connectivity index is 3.10. The summed E-state index contributed by atoms with van der Waals surface area (Å²) in [5, 5.41) is 2.51. The van der Waals surface area contributed by atoms with Crippen LogP contribution < -0.4 is 5.32 Å². The van der Waals surface area contributed by atoms with E-state index in [0.717, 1.165) is 12.8 Å². The van der Waals surface area contributed by atoms with Gasteiger partial charge in [-0.3, -0.25) is 0 Å². The van der Waals surface area contributed by atoms with Gasteiger partial charge in [0.1, 0.15) is 0 Å². The highest BCUT2D eigenvalue weighted by Gasteiger charge is 1.95. The van der Waals surface area contributed by atoms with Crippen molar-refractivity contribution in [2.45, 2.75) is 12.8 Å². The maximum Gasteiger partial charge on any atom is 0.406 e. The number of methoxy groups -OCH3 is 1. The Labute approximate surface area is 70.8 Å². The first-order valence-electron chi connectivity index (χ1n) is 3.66. The van der Waals surface area contributed by atoms with Crippen LogP contribution in [0.3, 0.4) is 0 Å². The molecule has 0 saturated carbocycles. The van der Waals surface area contributed by atoms with Crippen molar-refractivity contribution in [2.24, 2.45) is 4.99 Å². The number of ether oxygens (including phenoxy) is 1. The Hall–Kier alpha value is -1.35. The van der Waals surface area contributed by atoms with E-state index in [1.807, 2.05) is 0 Å². The van der Waals surface area contributed by atoms with Crippen molar-refractivity contribution in [2.75, 3.05) is 20.2 Å². The Morgan fingerprint density at radius 1 is 1.58 bits per heavy atom. The molecular weight excluding hydrogens is 160 g/mol. The number of nitrogens with one attached hydrogen (secondary N) is 1. The number of carbonyl (C=O) groups excluding carboxylic acids is 2. The van der Waals surface area contributed by atoms with Crippen molar-refractivity contribution < 1.29 is 14.3 Å². The number of aliphatic imine (C=N–C) groups is 1. The average Bonchev–Trinajstić information content (AvgIpc) is 2.10. The van der Waals surface area contributed by atoms with Gasteiger partial charge in [-0.25, -0.2) is 14.6 Å². The number of isocyanates is 1. The average molecular weight is 172 g/mol. The Morgan fingerprint density at radius 3 is 2.92 bits per heavy atom. The molecule has 0 heterocycles. The predicted octanol–water partition coefficient (Wildman–Crippen LogP) is 0.458. The fraction of sp³-hybridized carbons (Fsp3) is 0.714. The van der Waals surface area contributed by atoms with Crippen molar-refractivity contribution in [3.63, 3.8) is 0 Å². The number of alkyl carbamates (subject to hydrolysis) is 1. The second kappa shape index (κ2) is 7.75. The first-order valence-corrected chi connectivity index (χ1v) is 3.66. The lowest BCUT2D eigenvalue weighted by Crippen LogP contribution is -2.23. The zero-order valence-electron chi connectivity index (χ0n) is 7.00. The number of hydrogen-bond acceptors (Lipinski definition) is 4. The fourth-order valence-electron chi connectivity index (χ4n) is 0.624. The lowest BCUT2D eigenvalue weighted by molar-refractivity contribution is 0.171. The SMILES string of the molecule is COC(=O)NCCCCN=C=O. The fourth-order valence-corrected chi connectivity index (χ4v) is 0.624. The summed E-state index contributed by atoms with van der Waals surface area (Å²) in [4.78, 5) is 23.5. The summed E-state index contributed by atoms with van der Waals surface area (Å²) in [6, 6.07) is 0. The van der Waals surface area contributed by atoms with Crippen LogP contribution in [0.5, 0.6) is 0 Å². The molecule has 1 amide bonds. The van der Waals surface area contributed by atoms with Gasteiger partial charge < -0.3 is 10.1 Å². The number of rotatable bonds is 5. The van der Waals surface area contributed by atoms with Crippen LogP contribution in [0.15, 0.2) is 4.99 Å². The van der Waals surface area contributed by atoms with E-state index in [9.17, 15) is 9.59 Å². The standard InChI is InChI=1S/C7H12N2O3/c1-12-7(11)9-5-3-2-4-8-6-10/h2-5H2,1H3,(H,9,11). The highest BCUT2D eigenvalue weighted by atomic mass is 16.5. The van der Waals surface area contributed by atoms with Crippen LogP contribution in [-0.2, 0) is 9.53 Å². The molecule has 0 fully saturated rings. The van der Waals surface area contributed by atoms with Crippen molar-refractivity contribution in [3.8, 4) is 0 Å². The molecule has 12 heavy (non-hydrogen) atoms. The molecule has 0 aromatic heterocycles. The molecule has 0 aliphatic heterocycles. The van der Waals surface area contributed by atoms with Crippen LogP contribution in [0.2, 0.25) is 0 Å². The molecule has 5 nitrogen and oxygen atoms in total. The molecule has 0 aliphatic carbocycles. The van der Waals surface area contributed by atoms with E-state index in [-0.39, 0.29) is 0 Å². The van der Waals surface area contributed by atoms with Crippen molar-refractivity contribution in [3.05, 3.63) is 0 Å². The third-order valence-electron chi connectivity index (χ3n) is 1.22. The van der Waals surface area contributed by atoms with Crippen molar-refractivity contribution in [1.82, 2.24) is 5.32 Å². The van der Waals surface area contributed by atoms with E-state index in [4.69, 9.17) is 0 Å². The summed E-state index contributed by atoms with van der Waals surface area (Å²) >= 11 is 0. The molecule has 0 unspecified atom stereocenters. The van der Waals surface area contributed by atoms with Crippen LogP contribution in [0.25, 0.3) is 0 Å². The second-order valence-electron chi connectivity index (χ2n) is 2.10. The number of carbonyl (C=O) groups is 1. The number of unbranched alkanes of at least 4 members (excludes halogenated alkanes) is 1. The maximum absolute atomic E-state index is 10.5. The van der Waals surface area contributed by atoms with Crippen LogP contribution in [0.1, 0.15) is 12.8 Å². The lowest BCUT2D eigenvalue weighted by atomic mass is 10.3. The summed E-state index contributed by atoms with van der Waals surface area (Å²) in [5.74, 6) is 0. The van der Waals surface area contributed by atoms with Crippen LogP contribution >= 0.6 is 0 Å². The molecule has 0 atom stereocenters. The molecule has 68 valence electrons. The molecule has 0 saturated heterocycles. The third kappa shape index (κ3) is 6.77. The van der Waals surface area contributed by atoms with E-state index >= 15 is 0 Å². The van der Waals surface area contributed by atoms with Gasteiger partial charge in [0.05, 0.1) is 13.7 Å². The van der Waals surface area contributed by atoms with Gasteiger partial charge >= 0.3 is 6.09 Å². The third-order valence-corrected chi connectivity index (χ3v) is 1.22. The van der Waals surface area contributed by atoms with Gasteiger partial charge in [-0.1, -0.05) is 0 Å². The number of amides is 1. The Bertz CT molecular complexity index is 175. The van der Waals surface area contributed by atoms with E-state index < -0.39 is 6.09 Å². The zero-order valence-corrected chi connectivity index (χ0v) is 7.00. The van der Waals surface area contributed by atoms with Gasteiger partial charge in [-0.2, -0.15) is 0 Å². The molecule has 1 N–H and O–H groups in total. The van der Waals surface area contributed by atoms with E-state index in [1.165, 1.54) is 13.2 Å². The molecule has 0 aromatic rings. The highest BCUT2D eigenvalue weighted by molar-refractivity contribution is 5.66. The van der Waals surface area contributed by atoms with Crippen LogP contribution in [-0.4, -0.2) is 32.4 Å². The highest BCUT2D eigenvalue weighted by Crippen LogP contribution is 1.86. The smallest absolute Gasteiger partial charge is 0.406 e. The quantitative estimate of drug-likeness (QED) is 0.372. The Kier molecular flexibility index (Phi) is 6.88. The minimum atomic E-state index is -0.436. The molecule has 0 aliphatic rings. The van der Waals surface area contributed by atoms with Crippen molar-refractivity contribution in [1.29, 1.82) is 0 Å². The van der Waals surface area contributed by atoms with Gasteiger partial charge in [0.15, 0.2) is 0 Å². The van der Waals surface area contributed by atoms with Gasteiger partial charge in [-0.05, 0) is 12.8 Å². The van der Waals surface area contributed by atoms with E-state index in [0.29, 0.717) is 13.1 Å². The molecule has 0 bridgehead atoms. The molecule has 5 heteroatoms. The predicted molar refractivity (Wildman–Crippen MR) is 42.6 cm³/mol. The molecule has 0 spiro atoms. The normalized spacial score (nSPS) is 8.42. The summed E-state index contributed by atoms with van der Waals surface area (Å²) in [5.41, 5.74) is 0. The molecule has 0 rings (SSSR count). The molecule has 0 aromatic carbocycles. The van der Waals surface area contributed by atoms with Gasteiger partial charge in [0, 0.05) is 6.54 Å².